The average molecular weight is 239 g/mol. The molecule has 0 aliphatic heterocycles. The number of Topliss-reactive ketones (excluding diaryl/α,β-unsaturated/α-hetero) is 1. The summed E-state index contributed by atoms with van der Waals surface area (Å²) in [6.07, 6.45) is -4.76. The molecule has 1 aliphatic carbocycles. The van der Waals surface area contributed by atoms with Gasteiger partial charge in [0.2, 0.25) is 0 Å². The number of halogens is 3. The molecule has 0 spiro atoms. The molecule has 1 aromatic carbocycles. The van der Waals surface area contributed by atoms with Crippen LogP contribution in [0.4, 0.5) is 13.2 Å². The molecule has 1 fully saturated rings. The third kappa shape index (κ3) is 1.80. The van der Waals surface area contributed by atoms with Gasteiger partial charge in [-0.3, -0.25) is 4.79 Å². The van der Waals surface area contributed by atoms with E-state index in [-0.39, 0.29) is 24.2 Å². The molecule has 0 saturated heterocycles. The number of hydrogen-bond acceptors (Lipinski definition) is 2. The van der Waals surface area contributed by atoms with Crippen LogP contribution in [0.5, 0.6) is 0 Å². The number of carbonyl (C=O) groups is 1. The first kappa shape index (κ1) is 11.6. The summed E-state index contributed by atoms with van der Waals surface area (Å²) in [4.78, 5) is 11.0. The van der Waals surface area contributed by atoms with Crippen molar-refractivity contribution in [3.8, 4) is 6.07 Å². The van der Waals surface area contributed by atoms with Gasteiger partial charge in [0.25, 0.3) is 0 Å². The van der Waals surface area contributed by atoms with E-state index in [1.165, 1.54) is 18.2 Å². The van der Waals surface area contributed by atoms with Crippen LogP contribution < -0.4 is 0 Å². The first-order valence-corrected chi connectivity index (χ1v) is 4.99. The fourth-order valence-electron chi connectivity index (χ4n) is 2.10. The second kappa shape index (κ2) is 3.59. The summed E-state index contributed by atoms with van der Waals surface area (Å²) in [6, 6.07) is 6.80. The molecule has 0 bridgehead atoms. The molecule has 2 rings (SSSR count). The Balaban J connectivity index is 2.54. The minimum Gasteiger partial charge on any atom is -0.300 e. The summed E-state index contributed by atoms with van der Waals surface area (Å²) in [5, 5.41) is 9.03. The van der Waals surface area contributed by atoms with Gasteiger partial charge in [0, 0.05) is 12.8 Å². The topological polar surface area (TPSA) is 40.9 Å². The maximum Gasteiger partial charge on any atom is 0.416 e. The van der Waals surface area contributed by atoms with E-state index in [0.717, 1.165) is 6.07 Å². The maximum atomic E-state index is 12.8. The minimum atomic E-state index is -4.50. The second-order valence-corrected chi connectivity index (χ2v) is 4.13. The summed E-state index contributed by atoms with van der Waals surface area (Å²) in [5.74, 6) is -0.177. The Labute approximate surface area is 95.7 Å². The van der Waals surface area contributed by atoms with Gasteiger partial charge in [-0.2, -0.15) is 18.4 Å². The summed E-state index contributed by atoms with van der Waals surface area (Å²) < 4.78 is 38.3. The highest BCUT2D eigenvalue weighted by Gasteiger charge is 2.49. The zero-order valence-electron chi connectivity index (χ0n) is 8.71. The van der Waals surface area contributed by atoms with Crippen LogP contribution >= 0.6 is 0 Å². The zero-order valence-corrected chi connectivity index (χ0v) is 8.71. The lowest BCUT2D eigenvalue weighted by Crippen LogP contribution is -2.41. The average Bonchev–Trinajstić information content (AvgIpc) is 2.23. The monoisotopic (exact) mass is 239 g/mol. The molecule has 1 saturated carbocycles. The molecule has 0 unspecified atom stereocenters. The molecule has 0 radical (unpaired) electrons. The molecule has 0 heterocycles. The number of carbonyl (C=O) groups excluding carboxylic acids is 1. The van der Waals surface area contributed by atoms with Gasteiger partial charge in [0.15, 0.2) is 0 Å². The minimum absolute atomic E-state index is 0.0883. The van der Waals surface area contributed by atoms with Crippen molar-refractivity contribution < 1.29 is 18.0 Å². The quantitative estimate of drug-likeness (QED) is 0.756. The fourth-order valence-corrected chi connectivity index (χ4v) is 2.10. The van der Waals surface area contributed by atoms with Crippen molar-refractivity contribution in [2.75, 3.05) is 0 Å². The van der Waals surface area contributed by atoms with Crippen LogP contribution in [0.2, 0.25) is 0 Å². The molecule has 0 N–H and O–H groups in total. The van der Waals surface area contributed by atoms with Crippen molar-refractivity contribution in [1.29, 1.82) is 5.26 Å². The van der Waals surface area contributed by atoms with Gasteiger partial charge in [0.1, 0.15) is 5.78 Å². The van der Waals surface area contributed by atoms with Crippen LogP contribution in [0.25, 0.3) is 0 Å². The van der Waals surface area contributed by atoms with Gasteiger partial charge in [-0.25, -0.2) is 0 Å². The van der Waals surface area contributed by atoms with Crippen LogP contribution in [0, 0.1) is 11.3 Å². The molecule has 1 aliphatic rings. The van der Waals surface area contributed by atoms with Gasteiger partial charge < -0.3 is 0 Å². The number of benzene rings is 1. The van der Waals surface area contributed by atoms with E-state index >= 15 is 0 Å². The summed E-state index contributed by atoms with van der Waals surface area (Å²) in [5.41, 5.74) is -2.20. The van der Waals surface area contributed by atoms with Crippen LogP contribution in [0.1, 0.15) is 24.0 Å². The Kier molecular flexibility index (Phi) is 2.46. The Morgan fingerprint density at radius 3 is 2.29 bits per heavy atom. The van der Waals surface area contributed by atoms with Gasteiger partial charge in [0.05, 0.1) is 17.0 Å². The van der Waals surface area contributed by atoms with Crippen molar-refractivity contribution in [2.24, 2.45) is 0 Å². The van der Waals surface area contributed by atoms with E-state index < -0.39 is 17.2 Å². The molecular weight excluding hydrogens is 231 g/mol. The smallest absolute Gasteiger partial charge is 0.300 e. The number of rotatable bonds is 1. The lowest BCUT2D eigenvalue weighted by Gasteiger charge is -2.35. The van der Waals surface area contributed by atoms with Gasteiger partial charge in [-0.1, -0.05) is 18.2 Å². The number of nitriles is 1. The third-order valence-corrected chi connectivity index (χ3v) is 2.96. The number of alkyl halides is 3. The first-order chi connectivity index (χ1) is 7.89. The van der Waals surface area contributed by atoms with Crippen molar-refractivity contribution in [3.63, 3.8) is 0 Å². The highest BCUT2D eigenvalue weighted by Crippen LogP contribution is 2.45. The van der Waals surface area contributed by atoms with Gasteiger partial charge >= 0.3 is 6.18 Å². The fraction of sp³-hybridized carbons (Fsp3) is 0.333. The maximum absolute atomic E-state index is 12.8. The predicted octanol–water partition coefficient (Wildman–Crippen LogP) is 2.83. The summed E-state index contributed by atoms with van der Waals surface area (Å²) >= 11 is 0. The number of hydrogen-bond donors (Lipinski definition) is 0. The Hall–Kier alpha value is -1.83. The highest BCUT2D eigenvalue weighted by atomic mass is 19.4. The van der Waals surface area contributed by atoms with E-state index in [4.69, 9.17) is 5.26 Å². The second-order valence-electron chi connectivity index (χ2n) is 4.13. The lowest BCUT2D eigenvalue weighted by molar-refractivity contribution is -0.140. The molecular formula is C12H8F3NO. The molecule has 0 aromatic heterocycles. The van der Waals surface area contributed by atoms with Crippen LogP contribution in [0.3, 0.4) is 0 Å². The molecule has 2 nitrogen and oxygen atoms in total. The Bertz CT molecular complexity index is 505. The normalized spacial score (nSPS) is 18.4. The SMILES string of the molecule is N#CC1(c2ccccc2C(F)(F)F)CC(=O)C1. The van der Waals surface area contributed by atoms with Gasteiger partial charge in [-0.15, -0.1) is 0 Å². The van der Waals surface area contributed by atoms with Crippen LogP contribution in [0.15, 0.2) is 24.3 Å². The largest absolute Gasteiger partial charge is 0.416 e. The first-order valence-electron chi connectivity index (χ1n) is 4.99. The van der Waals surface area contributed by atoms with Crippen molar-refractivity contribution in [2.45, 2.75) is 24.4 Å². The van der Waals surface area contributed by atoms with Crippen molar-refractivity contribution >= 4 is 5.78 Å². The molecule has 0 amide bonds. The van der Waals surface area contributed by atoms with E-state index in [2.05, 4.69) is 0 Å². The molecule has 0 atom stereocenters. The van der Waals surface area contributed by atoms with Gasteiger partial charge in [-0.05, 0) is 11.6 Å². The van der Waals surface area contributed by atoms with Crippen molar-refractivity contribution in [3.05, 3.63) is 35.4 Å². The molecule has 5 heteroatoms. The standard InChI is InChI=1S/C12H8F3NO/c13-12(14,15)10-4-2-1-3-9(10)11(7-16)5-8(17)6-11/h1-4H,5-6H2. The molecule has 17 heavy (non-hydrogen) atoms. The Morgan fingerprint density at radius 1 is 1.24 bits per heavy atom. The third-order valence-electron chi connectivity index (χ3n) is 2.96. The number of ketones is 1. The summed E-state index contributed by atoms with van der Waals surface area (Å²) in [6.45, 7) is 0. The van der Waals surface area contributed by atoms with E-state index in [1.807, 2.05) is 6.07 Å². The van der Waals surface area contributed by atoms with E-state index in [9.17, 15) is 18.0 Å². The van der Waals surface area contributed by atoms with Crippen molar-refractivity contribution in [1.82, 2.24) is 0 Å². The van der Waals surface area contributed by atoms with E-state index in [1.54, 1.807) is 0 Å². The molecule has 88 valence electrons. The zero-order chi connectivity index (χ0) is 12.7. The Morgan fingerprint density at radius 2 is 1.82 bits per heavy atom. The summed E-state index contributed by atoms with van der Waals surface area (Å²) in [7, 11) is 0. The molecule has 1 aromatic rings. The van der Waals surface area contributed by atoms with Crippen LogP contribution in [-0.4, -0.2) is 5.78 Å². The highest BCUT2D eigenvalue weighted by molar-refractivity contribution is 5.90. The van der Waals surface area contributed by atoms with E-state index in [0.29, 0.717) is 0 Å². The predicted molar refractivity (Wildman–Crippen MR) is 53.0 cm³/mol. The van der Waals surface area contributed by atoms with Crippen LogP contribution in [-0.2, 0) is 16.4 Å². The number of nitrogens with zero attached hydrogens (tertiary/aromatic N) is 1. The lowest BCUT2D eigenvalue weighted by atomic mass is 9.63.